The number of ether oxygens (including phenoxy) is 2. The number of nitrogens with zero attached hydrogens (tertiary/aromatic N) is 2. The lowest BCUT2D eigenvalue weighted by atomic mass is 10.1. The smallest absolute Gasteiger partial charge is 0.416 e. The summed E-state index contributed by atoms with van der Waals surface area (Å²) in [5.41, 5.74) is 0.883. The van der Waals surface area contributed by atoms with Gasteiger partial charge in [0.05, 0.1) is 19.8 Å². The number of alkyl halides is 3. The van der Waals surface area contributed by atoms with Crippen molar-refractivity contribution in [1.29, 1.82) is 0 Å². The molecule has 0 saturated carbocycles. The Hall–Kier alpha value is -2.25. The highest BCUT2D eigenvalue weighted by atomic mass is 19.4. The number of methoxy groups -OCH3 is 2. The van der Waals surface area contributed by atoms with E-state index in [9.17, 15) is 13.2 Å². The maximum atomic E-state index is 13.2. The van der Waals surface area contributed by atoms with E-state index < -0.39 is 11.7 Å². The minimum absolute atomic E-state index is 0.316. The predicted octanol–water partition coefficient (Wildman–Crippen LogP) is 4.04. The maximum Gasteiger partial charge on any atom is 0.416 e. The molecule has 28 heavy (non-hydrogen) atoms. The molecule has 0 atom stereocenters. The molecule has 0 spiro atoms. The Labute approximate surface area is 163 Å². The summed E-state index contributed by atoms with van der Waals surface area (Å²) in [5, 5.41) is 0. The summed E-state index contributed by atoms with van der Waals surface area (Å²) in [4.78, 5) is 4.37. The van der Waals surface area contributed by atoms with Crippen molar-refractivity contribution in [2.24, 2.45) is 0 Å². The van der Waals surface area contributed by atoms with Gasteiger partial charge in [0.15, 0.2) is 0 Å². The molecule has 1 aliphatic rings. The molecule has 0 amide bonds. The zero-order valence-corrected chi connectivity index (χ0v) is 16.1. The predicted molar refractivity (Wildman–Crippen MR) is 102 cm³/mol. The molecule has 2 aromatic rings. The third-order valence-electron chi connectivity index (χ3n) is 5.00. The van der Waals surface area contributed by atoms with Crippen molar-refractivity contribution in [1.82, 2.24) is 9.80 Å². The first-order valence-corrected chi connectivity index (χ1v) is 9.21. The van der Waals surface area contributed by atoms with E-state index in [4.69, 9.17) is 9.47 Å². The Morgan fingerprint density at radius 3 is 1.89 bits per heavy atom. The van der Waals surface area contributed by atoms with Crippen molar-refractivity contribution in [3.63, 3.8) is 0 Å². The largest absolute Gasteiger partial charge is 0.497 e. The van der Waals surface area contributed by atoms with Crippen LogP contribution in [0.5, 0.6) is 11.5 Å². The van der Waals surface area contributed by atoms with E-state index >= 15 is 0 Å². The fourth-order valence-corrected chi connectivity index (χ4v) is 3.50. The monoisotopic (exact) mass is 394 g/mol. The molecule has 152 valence electrons. The molecule has 1 heterocycles. The van der Waals surface area contributed by atoms with Gasteiger partial charge in [0.1, 0.15) is 11.5 Å². The zero-order chi connectivity index (χ0) is 20.1. The Kier molecular flexibility index (Phi) is 6.46. The van der Waals surface area contributed by atoms with E-state index in [-0.39, 0.29) is 0 Å². The van der Waals surface area contributed by atoms with Gasteiger partial charge in [0.2, 0.25) is 0 Å². The number of benzene rings is 2. The average molecular weight is 394 g/mol. The fraction of sp³-hybridized carbons (Fsp3) is 0.429. The highest BCUT2D eigenvalue weighted by molar-refractivity contribution is 5.38. The quantitative estimate of drug-likeness (QED) is 0.738. The number of rotatable bonds is 6. The van der Waals surface area contributed by atoms with Crippen LogP contribution in [0.25, 0.3) is 0 Å². The molecule has 0 aromatic heterocycles. The highest BCUT2D eigenvalue weighted by Crippen LogP contribution is 2.32. The molecule has 1 fully saturated rings. The van der Waals surface area contributed by atoms with Crippen molar-refractivity contribution >= 4 is 0 Å². The van der Waals surface area contributed by atoms with Gasteiger partial charge in [-0.05, 0) is 29.3 Å². The van der Waals surface area contributed by atoms with Gasteiger partial charge < -0.3 is 9.47 Å². The minimum Gasteiger partial charge on any atom is -0.497 e. The lowest BCUT2D eigenvalue weighted by Gasteiger charge is -2.35. The molecule has 1 aliphatic heterocycles. The maximum absolute atomic E-state index is 13.2. The van der Waals surface area contributed by atoms with Crippen molar-refractivity contribution in [2.45, 2.75) is 19.3 Å². The summed E-state index contributed by atoms with van der Waals surface area (Å²) in [7, 11) is 3.24. The molecule has 0 aliphatic carbocycles. The Balaban J connectivity index is 1.59. The first kappa shape index (κ1) is 20.5. The van der Waals surface area contributed by atoms with E-state index in [0.717, 1.165) is 55.9 Å². The van der Waals surface area contributed by atoms with Crippen molar-refractivity contribution in [3.05, 3.63) is 59.2 Å². The summed E-state index contributed by atoms with van der Waals surface area (Å²) >= 11 is 0. The lowest BCUT2D eigenvalue weighted by Crippen LogP contribution is -2.45. The lowest BCUT2D eigenvalue weighted by molar-refractivity contribution is -0.138. The molecule has 0 bridgehead atoms. The Morgan fingerprint density at radius 1 is 0.821 bits per heavy atom. The summed E-state index contributed by atoms with van der Waals surface area (Å²) < 4.78 is 50.2. The van der Waals surface area contributed by atoms with Crippen LogP contribution >= 0.6 is 0 Å². The van der Waals surface area contributed by atoms with Crippen LogP contribution in [-0.4, -0.2) is 50.2 Å². The van der Waals surface area contributed by atoms with Gasteiger partial charge in [0.25, 0.3) is 0 Å². The van der Waals surface area contributed by atoms with E-state index in [1.54, 1.807) is 26.4 Å². The Morgan fingerprint density at radius 2 is 1.36 bits per heavy atom. The normalized spacial score (nSPS) is 16.2. The number of hydrogen-bond acceptors (Lipinski definition) is 4. The highest BCUT2D eigenvalue weighted by Gasteiger charge is 2.33. The second kappa shape index (κ2) is 8.84. The van der Waals surface area contributed by atoms with Crippen LogP contribution in [0.4, 0.5) is 13.2 Å². The van der Waals surface area contributed by atoms with Crippen LogP contribution in [0.1, 0.15) is 16.7 Å². The first-order chi connectivity index (χ1) is 13.4. The summed E-state index contributed by atoms with van der Waals surface area (Å²) in [6.07, 6.45) is -4.32. The van der Waals surface area contributed by atoms with Crippen LogP contribution in [0.2, 0.25) is 0 Å². The molecule has 2 aromatic carbocycles. The van der Waals surface area contributed by atoms with Crippen LogP contribution < -0.4 is 9.47 Å². The molecular weight excluding hydrogens is 369 g/mol. The van der Waals surface area contributed by atoms with E-state index in [2.05, 4.69) is 9.80 Å². The Bertz CT molecular complexity index is 765. The average Bonchev–Trinajstić information content (AvgIpc) is 2.68. The van der Waals surface area contributed by atoms with Crippen molar-refractivity contribution < 1.29 is 22.6 Å². The number of piperazine rings is 1. The second-order valence-electron chi connectivity index (χ2n) is 6.93. The van der Waals surface area contributed by atoms with Crippen LogP contribution in [0, 0.1) is 0 Å². The molecular formula is C21H25F3N2O2. The summed E-state index contributed by atoms with van der Waals surface area (Å²) in [6, 6.07) is 11.6. The molecule has 0 N–H and O–H groups in total. The topological polar surface area (TPSA) is 24.9 Å². The molecule has 4 nitrogen and oxygen atoms in total. The summed E-state index contributed by atoms with van der Waals surface area (Å²) in [6.45, 7) is 4.12. The van der Waals surface area contributed by atoms with Gasteiger partial charge in [-0.15, -0.1) is 0 Å². The first-order valence-electron chi connectivity index (χ1n) is 9.21. The zero-order valence-electron chi connectivity index (χ0n) is 16.1. The van der Waals surface area contributed by atoms with E-state index in [1.165, 1.54) is 6.07 Å². The van der Waals surface area contributed by atoms with Gasteiger partial charge in [-0.25, -0.2) is 0 Å². The number of hydrogen-bond donors (Lipinski definition) is 0. The van der Waals surface area contributed by atoms with Gasteiger partial charge in [-0.3, -0.25) is 9.80 Å². The molecule has 7 heteroatoms. The van der Waals surface area contributed by atoms with Crippen molar-refractivity contribution in [3.8, 4) is 11.5 Å². The van der Waals surface area contributed by atoms with Gasteiger partial charge in [-0.1, -0.05) is 18.2 Å². The van der Waals surface area contributed by atoms with Gasteiger partial charge in [0, 0.05) is 45.3 Å². The van der Waals surface area contributed by atoms with Crippen LogP contribution in [-0.2, 0) is 19.3 Å². The van der Waals surface area contributed by atoms with Crippen LogP contribution in [0.3, 0.4) is 0 Å². The molecule has 1 saturated heterocycles. The van der Waals surface area contributed by atoms with E-state index in [1.807, 2.05) is 18.2 Å². The fourth-order valence-electron chi connectivity index (χ4n) is 3.50. The third-order valence-corrected chi connectivity index (χ3v) is 5.00. The second-order valence-corrected chi connectivity index (χ2v) is 6.93. The number of halogens is 3. The minimum atomic E-state index is -4.32. The third kappa shape index (κ3) is 5.17. The van der Waals surface area contributed by atoms with Crippen LogP contribution in [0.15, 0.2) is 42.5 Å². The van der Waals surface area contributed by atoms with E-state index in [0.29, 0.717) is 12.1 Å². The SMILES string of the molecule is COc1cc(CN2CCN(Cc3ccccc3C(F)(F)F)CC2)cc(OC)c1. The summed E-state index contributed by atoms with van der Waals surface area (Å²) in [5.74, 6) is 1.49. The molecule has 0 radical (unpaired) electrons. The van der Waals surface area contributed by atoms with Gasteiger partial charge in [-0.2, -0.15) is 13.2 Å². The molecule has 0 unspecified atom stereocenters. The molecule has 3 rings (SSSR count). The van der Waals surface area contributed by atoms with Crippen molar-refractivity contribution in [2.75, 3.05) is 40.4 Å². The van der Waals surface area contributed by atoms with Gasteiger partial charge >= 0.3 is 6.18 Å². The standard InChI is InChI=1S/C21H25F3N2O2/c1-27-18-11-16(12-19(13-18)28-2)14-25-7-9-26(10-8-25)15-17-5-3-4-6-20(17)21(22,23)24/h3-6,11-13H,7-10,14-15H2,1-2H3.